The van der Waals surface area contributed by atoms with Crippen LogP contribution >= 0.6 is 0 Å². The Kier molecular flexibility index (Phi) is 9.13. The Hall–Kier alpha value is -3.86. The van der Waals surface area contributed by atoms with Crippen LogP contribution in [-0.2, 0) is 42.9 Å². The number of cyclic esters (lactones) is 1. The first kappa shape index (κ1) is 33.1. The van der Waals surface area contributed by atoms with Crippen LogP contribution in [0.15, 0.2) is 35.9 Å². The number of hydrogen-bond acceptors (Lipinski definition) is 11. The summed E-state index contributed by atoms with van der Waals surface area (Å²) in [4.78, 5) is 50.4. The zero-order valence-electron chi connectivity index (χ0n) is 27.5. The van der Waals surface area contributed by atoms with Crippen LogP contribution in [0.5, 0.6) is 11.5 Å². The van der Waals surface area contributed by atoms with Crippen LogP contribution < -0.4 is 9.47 Å². The highest BCUT2D eigenvalue weighted by Crippen LogP contribution is 2.66. The zero-order valence-corrected chi connectivity index (χ0v) is 27.5. The first-order chi connectivity index (χ1) is 22.5. The second-order valence-corrected chi connectivity index (χ2v) is 13.8. The van der Waals surface area contributed by atoms with E-state index >= 15 is 0 Å². The quantitative estimate of drug-likeness (QED) is 0.145. The number of allylic oxidation sites excluding steroid dienone is 1. The lowest BCUT2D eigenvalue weighted by atomic mass is 9.45. The number of ether oxygens (including phenoxy) is 7. The summed E-state index contributed by atoms with van der Waals surface area (Å²) in [7, 11) is 0. The highest BCUT2D eigenvalue weighted by atomic mass is 16.7. The highest BCUT2D eigenvalue weighted by molar-refractivity contribution is 5.93. The smallest absolute Gasteiger partial charge is 0.337 e. The maximum atomic E-state index is 12.9. The Morgan fingerprint density at radius 3 is 2.49 bits per heavy atom. The van der Waals surface area contributed by atoms with E-state index < -0.39 is 23.5 Å². The molecule has 2 saturated heterocycles. The van der Waals surface area contributed by atoms with Crippen molar-refractivity contribution in [3.8, 4) is 11.5 Å². The molecule has 2 unspecified atom stereocenters. The molecule has 0 bridgehead atoms. The number of fused-ring (bicyclic) bond motifs is 2. The summed E-state index contributed by atoms with van der Waals surface area (Å²) in [5, 5.41) is 0. The monoisotopic (exact) mass is 652 g/mol. The van der Waals surface area contributed by atoms with Gasteiger partial charge >= 0.3 is 23.9 Å². The molecule has 0 aromatic heterocycles. The van der Waals surface area contributed by atoms with Crippen LogP contribution in [0.25, 0.3) is 6.08 Å². The third kappa shape index (κ3) is 6.38. The van der Waals surface area contributed by atoms with E-state index in [4.69, 9.17) is 33.2 Å². The average Bonchev–Trinajstić information content (AvgIpc) is 3.51. The van der Waals surface area contributed by atoms with Crippen molar-refractivity contribution in [2.45, 2.75) is 90.4 Å². The summed E-state index contributed by atoms with van der Waals surface area (Å²) in [5.74, 6) is -0.309. The number of esters is 4. The summed E-state index contributed by atoms with van der Waals surface area (Å²) in [5.41, 5.74) is -0.124. The molecule has 47 heavy (non-hydrogen) atoms. The Morgan fingerprint density at radius 1 is 0.979 bits per heavy atom. The third-order valence-corrected chi connectivity index (χ3v) is 11.1. The van der Waals surface area contributed by atoms with Gasteiger partial charge in [-0.15, -0.1) is 0 Å². The van der Waals surface area contributed by atoms with Crippen LogP contribution in [0.4, 0.5) is 0 Å². The number of benzene rings is 1. The summed E-state index contributed by atoms with van der Waals surface area (Å²) >= 11 is 0. The van der Waals surface area contributed by atoms with Gasteiger partial charge in [0.05, 0.1) is 17.8 Å². The van der Waals surface area contributed by atoms with Crippen molar-refractivity contribution in [3.63, 3.8) is 0 Å². The van der Waals surface area contributed by atoms with Crippen molar-refractivity contribution in [2.75, 3.05) is 26.6 Å². The second kappa shape index (κ2) is 13.0. The topological polar surface area (TPSA) is 136 Å². The lowest BCUT2D eigenvalue weighted by Gasteiger charge is -2.61. The molecule has 3 heterocycles. The highest BCUT2D eigenvalue weighted by Gasteiger charge is 2.67. The molecule has 1 aromatic carbocycles. The van der Waals surface area contributed by atoms with Gasteiger partial charge in [-0.05, 0) is 73.1 Å². The minimum atomic E-state index is -0.831. The van der Waals surface area contributed by atoms with Gasteiger partial charge in [0, 0.05) is 24.3 Å². The van der Waals surface area contributed by atoms with Gasteiger partial charge in [-0.3, -0.25) is 9.59 Å². The summed E-state index contributed by atoms with van der Waals surface area (Å²) in [6.07, 6.45) is 7.67. The van der Waals surface area contributed by atoms with Crippen molar-refractivity contribution in [1.29, 1.82) is 0 Å². The molecule has 2 aliphatic carbocycles. The predicted molar refractivity (Wildman–Crippen MR) is 167 cm³/mol. The fourth-order valence-corrected chi connectivity index (χ4v) is 8.43. The predicted octanol–water partition coefficient (Wildman–Crippen LogP) is 5.09. The zero-order chi connectivity index (χ0) is 33.4. The molecule has 1 aromatic rings. The van der Waals surface area contributed by atoms with Crippen LogP contribution in [0, 0.1) is 22.7 Å². The molecule has 5 aliphatic rings. The lowest BCUT2D eigenvalue weighted by molar-refractivity contribution is -0.203. The van der Waals surface area contributed by atoms with Gasteiger partial charge in [0.2, 0.25) is 6.79 Å². The van der Waals surface area contributed by atoms with Crippen LogP contribution in [-0.4, -0.2) is 68.3 Å². The Morgan fingerprint density at radius 2 is 1.74 bits per heavy atom. The van der Waals surface area contributed by atoms with Crippen molar-refractivity contribution >= 4 is 30.0 Å². The van der Waals surface area contributed by atoms with E-state index in [-0.39, 0.29) is 73.7 Å². The Bertz CT molecular complexity index is 1470. The molecule has 2 saturated carbocycles. The molecule has 6 rings (SSSR count). The van der Waals surface area contributed by atoms with E-state index in [2.05, 4.69) is 13.8 Å². The second-order valence-electron chi connectivity index (χ2n) is 13.8. The molecule has 3 aliphatic heterocycles. The van der Waals surface area contributed by atoms with Crippen LogP contribution in [0.1, 0.15) is 78.2 Å². The summed E-state index contributed by atoms with van der Waals surface area (Å²) < 4.78 is 39.6. The van der Waals surface area contributed by atoms with Crippen molar-refractivity contribution in [3.05, 3.63) is 41.5 Å². The molecular formula is C36H44O11. The first-order valence-electron chi connectivity index (χ1n) is 16.7. The number of carbonyl (C=O) groups is 4. The maximum absolute atomic E-state index is 12.9. The first-order valence-corrected chi connectivity index (χ1v) is 16.7. The number of epoxide rings is 1. The van der Waals surface area contributed by atoms with Crippen molar-refractivity contribution in [1.82, 2.24) is 0 Å². The molecule has 11 nitrogen and oxygen atoms in total. The summed E-state index contributed by atoms with van der Waals surface area (Å²) in [6.45, 7) is 8.77. The van der Waals surface area contributed by atoms with Gasteiger partial charge in [-0.2, -0.15) is 0 Å². The molecule has 7 atom stereocenters. The van der Waals surface area contributed by atoms with Gasteiger partial charge in [-0.25, -0.2) is 9.59 Å². The molecule has 0 radical (unpaired) electrons. The van der Waals surface area contributed by atoms with E-state index in [1.165, 1.54) is 6.08 Å². The van der Waals surface area contributed by atoms with E-state index in [0.29, 0.717) is 36.5 Å². The van der Waals surface area contributed by atoms with E-state index in [0.717, 1.165) is 24.8 Å². The molecule has 0 N–H and O–H groups in total. The van der Waals surface area contributed by atoms with Crippen LogP contribution in [0.3, 0.4) is 0 Å². The number of hydrogen-bond donors (Lipinski definition) is 0. The summed E-state index contributed by atoms with van der Waals surface area (Å²) in [6, 6.07) is 5.35. The van der Waals surface area contributed by atoms with E-state index in [1.807, 2.05) is 6.08 Å². The normalized spacial score (nSPS) is 34.6. The molecule has 11 heteroatoms. The van der Waals surface area contributed by atoms with Gasteiger partial charge in [0.25, 0.3) is 0 Å². The number of rotatable bonds is 10. The fourth-order valence-electron chi connectivity index (χ4n) is 8.43. The minimum Gasteiger partial charge on any atom is -0.465 e. The van der Waals surface area contributed by atoms with E-state index in [1.54, 1.807) is 38.1 Å². The minimum absolute atomic E-state index is 0.0286. The lowest BCUT2D eigenvalue weighted by Crippen LogP contribution is -2.61. The Labute approximate surface area is 274 Å². The number of carbonyl (C=O) groups excluding carboxylic acids is 4. The molecule has 1 spiro atoms. The Balaban J connectivity index is 1.20. The van der Waals surface area contributed by atoms with E-state index in [9.17, 15) is 19.2 Å². The third-order valence-electron chi connectivity index (χ3n) is 11.1. The molecule has 254 valence electrons. The molecule has 4 fully saturated rings. The van der Waals surface area contributed by atoms with Gasteiger partial charge < -0.3 is 33.2 Å². The van der Waals surface area contributed by atoms with Gasteiger partial charge in [0.15, 0.2) is 17.6 Å². The van der Waals surface area contributed by atoms with Gasteiger partial charge in [0.1, 0.15) is 19.3 Å². The maximum Gasteiger partial charge on any atom is 0.337 e. The molecular weight excluding hydrogens is 608 g/mol. The largest absolute Gasteiger partial charge is 0.465 e. The molecule has 0 amide bonds. The van der Waals surface area contributed by atoms with Gasteiger partial charge in [-0.1, -0.05) is 39.8 Å². The van der Waals surface area contributed by atoms with Crippen molar-refractivity contribution < 1.29 is 52.3 Å². The standard InChI is InChI=1S/C36H44O11/c1-5-30(37)42-19-35(4)27-13-16-36(20-45-36)28(34(27,3)15-14-29(35)47-31(38)6-2)11-9-23-26(18-41-33(23)40)46-32(39)12-8-22-7-10-24-25(17-22)44-21-43-24/h7-10,12,17,26-29H,5-6,11,13-16,18-21H2,1-4H3/b12-8+,23-9-/t26-,27?,28+,29-,34+,35+,36?/m1/s1. The fraction of sp³-hybridized carbons (Fsp3) is 0.611. The van der Waals surface area contributed by atoms with Crippen molar-refractivity contribution in [2.24, 2.45) is 22.7 Å². The average molecular weight is 653 g/mol. The SMILES string of the molecule is CCC(=O)OC[C@@]1(C)C2CCC3(CO3)[C@@H](C/C=C3\C(=O)OC[C@H]3OC(=O)/C=C/c3ccc4c(c3)OCO4)[C@@]2(C)CC[C@H]1OC(=O)CC. The van der Waals surface area contributed by atoms with Crippen LogP contribution in [0.2, 0.25) is 0 Å².